The minimum absolute atomic E-state index is 0.227. The lowest BCUT2D eigenvalue weighted by molar-refractivity contribution is -0.116. The van der Waals surface area contributed by atoms with Gasteiger partial charge in [0.25, 0.3) is 0 Å². The van der Waals surface area contributed by atoms with Crippen LogP contribution in [0.3, 0.4) is 0 Å². The third-order valence-corrected chi connectivity index (χ3v) is 9.99. The summed E-state index contributed by atoms with van der Waals surface area (Å²) in [4.78, 5) is 12.0. The quantitative estimate of drug-likeness (QED) is 0.454. The molecule has 4 rings (SSSR count). The maximum atomic E-state index is 12.0. The van der Waals surface area contributed by atoms with Crippen molar-refractivity contribution in [3.05, 3.63) is 36.0 Å². The largest absolute Gasteiger partial charge is 0.295 e. The van der Waals surface area contributed by atoms with E-state index in [1.165, 1.54) is 31.3 Å². The van der Waals surface area contributed by atoms with Crippen molar-refractivity contribution in [3.63, 3.8) is 0 Å². The van der Waals surface area contributed by atoms with Gasteiger partial charge in [-0.2, -0.15) is 0 Å². The van der Waals surface area contributed by atoms with Crippen molar-refractivity contribution in [2.75, 3.05) is 0 Å². The SMILES string of the molecule is CC(C)[C@@H](C)/C=C/[C@@H](C)[C@H]1CC[C@@H]2[C@H]3C=CC4=CC(=O)CC[C@]4(C)[C@@H]3CC[C@]21C. The molecular formula is C28H42O. The van der Waals surface area contributed by atoms with Crippen molar-refractivity contribution < 1.29 is 4.79 Å². The molecule has 0 unspecified atom stereocenters. The predicted molar refractivity (Wildman–Crippen MR) is 122 cm³/mol. The summed E-state index contributed by atoms with van der Waals surface area (Å²) in [5.41, 5.74) is 2.02. The van der Waals surface area contributed by atoms with E-state index in [0.717, 1.165) is 36.5 Å². The smallest absolute Gasteiger partial charge is 0.156 e. The Labute approximate surface area is 179 Å². The van der Waals surface area contributed by atoms with Gasteiger partial charge < -0.3 is 0 Å². The summed E-state index contributed by atoms with van der Waals surface area (Å²) >= 11 is 0. The van der Waals surface area contributed by atoms with Crippen molar-refractivity contribution in [3.8, 4) is 0 Å². The highest BCUT2D eigenvalue weighted by molar-refractivity contribution is 5.92. The van der Waals surface area contributed by atoms with E-state index in [4.69, 9.17) is 0 Å². The second kappa shape index (κ2) is 7.54. The Bertz CT molecular complexity index is 739. The van der Waals surface area contributed by atoms with Crippen LogP contribution in [0.5, 0.6) is 0 Å². The molecule has 0 saturated heterocycles. The van der Waals surface area contributed by atoms with Gasteiger partial charge in [-0.25, -0.2) is 0 Å². The summed E-state index contributed by atoms with van der Waals surface area (Å²) in [7, 11) is 0. The van der Waals surface area contributed by atoms with Gasteiger partial charge in [0.15, 0.2) is 5.78 Å². The topological polar surface area (TPSA) is 17.1 Å². The molecule has 0 aromatic heterocycles. The first kappa shape index (κ1) is 21.1. The monoisotopic (exact) mass is 394 g/mol. The van der Waals surface area contributed by atoms with Crippen LogP contribution < -0.4 is 0 Å². The standard InChI is InChI=1S/C28H42O/c1-18(2)19(3)7-8-20(4)24-11-12-25-23-10-9-21-17-22(29)13-15-27(21,5)26(23)14-16-28(24,25)6/h7-10,17-20,23-26H,11-16H2,1-6H3/b8-7+/t19-,20+,23+,24+,25+,26+,27-,28-/m0/s1. The first-order valence-corrected chi connectivity index (χ1v) is 12.3. The summed E-state index contributed by atoms with van der Waals surface area (Å²) in [5, 5.41) is 0. The fraction of sp³-hybridized carbons (Fsp3) is 0.750. The Balaban J connectivity index is 1.57. The number of ketones is 1. The number of allylic oxidation sites excluding steroid dienone is 6. The Hall–Kier alpha value is -1.11. The molecule has 160 valence electrons. The van der Waals surface area contributed by atoms with Crippen LogP contribution in [0.2, 0.25) is 0 Å². The lowest BCUT2D eigenvalue weighted by Gasteiger charge is -2.56. The first-order valence-electron chi connectivity index (χ1n) is 12.3. The van der Waals surface area contributed by atoms with E-state index in [0.29, 0.717) is 29.0 Å². The van der Waals surface area contributed by atoms with Crippen LogP contribution in [0.1, 0.15) is 80.1 Å². The molecule has 0 amide bonds. The molecule has 1 nitrogen and oxygen atoms in total. The van der Waals surface area contributed by atoms with Gasteiger partial charge in [-0.15, -0.1) is 0 Å². The second-order valence-electron chi connectivity index (χ2n) is 11.7. The van der Waals surface area contributed by atoms with Crippen molar-refractivity contribution >= 4 is 5.78 Å². The average Bonchev–Trinajstić information content (AvgIpc) is 3.03. The summed E-state index contributed by atoms with van der Waals surface area (Å²) in [6.07, 6.45) is 19.1. The van der Waals surface area contributed by atoms with E-state index >= 15 is 0 Å². The van der Waals surface area contributed by atoms with Gasteiger partial charge in [-0.1, -0.05) is 65.8 Å². The van der Waals surface area contributed by atoms with Crippen LogP contribution in [-0.4, -0.2) is 5.78 Å². The van der Waals surface area contributed by atoms with Gasteiger partial charge in [0.05, 0.1) is 0 Å². The minimum atomic E-state index is 0.227. The molecule has 4 aliphatic carbocycles. The van der Waals surface area contributed by atoms with Crippen LogP contribution >= 0.6 is 0 Å². The molecule has 0 radical (unpaired) electrons. The fourth-order valence-corrected chi connectivity index (χ4v) is 7.61. The molecule has 2 saturated carbocycles. The molecule has 0 aromatic carbocycles. The van der Waals surface area contributed by atoms with Gasteiger partial charge in [0.1, 0.15) is 0 Å². The van der Waals surface area contributed by atoms with Gasteiger partial charge >= 0.3 is 0 Å². The normalized spacial score (nSPS) is 43.7. The van der Waals surface area contributed by atoms with Gasteiger partial charge in [-0.05, 0) is 96.0 Å². The van der Waals surface area contributed by atoms with Crippen molar-refractivity contribution in [2.45, 2.75) is 80.1 Å². The van der Waals surface area contributed by atoms with Crippen LogP contribution in [0.15, 0.2) is 36.0 Å². The number of fused-ring (bicyclic) bond motifs is 5. The Kier molecular flexibility index (Phi) is 5.50. The van der Waals surface area contributed by atoms with E-state index < -0.39 is 0 Å². The van der Waals surface area contributed by atoms with Gasteiger partial charge in [0.2, 0.25) is 0 Å². The molecule has 0 heterocycles. The first-order chi connectivity index (χ1) is 13.7. The molecule has 0 aliphatic heterocycles. The number of carbonyl (C=O) groups excluding carboxylic acids is 1. The molecule has 8 atom stereocenters. The lowest BCUT2D eigenvalue weighted by Crippen LogP contribution is -2.49. The Morgan fingerprint density at radius 3 is 2.48 bits per heavy atom. The molecule has 0 aromatic rings. The van der Waals surface area contributed by atoms with Gasteiger partial charge in [0, 0.05) is 6.42 Å². The summed E-state index contributed by atoms with van der Waals surface area (Å²) in [6, 6.07) is 0. The van der Waals surface area contributed by atoms with Crippen molar-refractivity contribution in [2.24, 2.45) is 52.3 Å². The maximum absolute atomic E-state index is 12.0. The zero-order valence-electron chi connectivity index (χ0n) is 19.6. The number of hydrogen-bond donors (Lipinski definition) is 0. The minimum Gasteiger partial charge on any atom is -0.295 e. The van der Waals surface area contributed by atoms with E-state index in [1.807, 2.05) is 6.08 Å². The number of carbonyl (C=O) groups is 1. The molecular weight excluding hydrogens is 352 g/mol. The van der Waals surface area contributed by atoms with Crippen LogP contribution in [0.25, 0.3) is 0 Å². The zero-order chi connectivity index (χ0) is 21.0. The maximum Gasteiger partial charge on any atom is 0.156 e. The highest BCUT2D eigenvalue weighted by Crippen LogP contribution is 2.66. The van der Waals surface area contributed by atoms with E-state index in [-0.39, 0.29) is 5.41 Å². The number of hydrogen-bond acceptors (Lipinski definition) is 1. The molecule has 1 heteroatoms. The summed E-state index contributed by atoms with van der Waals surface area (Å²) < 4.78 is 0. The zero-order valence-corrected chi connectivity index (χ0v) is 19.6. The predicted octanol–water partition coefficient (Wildman–Crippen LogP) is 7.39. The lowest BCUT2D eigenvalue weighted by atomic mass is 9.48. The Morgan fingerprint density at radius 2 is 1.76 bits per heavy atom. The summed E-state index contributed by atoms with van der Waals surface area (Å²) in [5.74, 6) is 5.46. The second-order valence-corrected chi connectivity index (χ2v) is 11.7. The average molecular weight is 395 g/mol. The van der Waals surface area contributed by atoms with Crippen LogP contribution in [0, 0.1) is 52.3 Å². The van der Waals surface area contributed by atoms with Crippen LogP contribution in [0.4, 0.5) is 0 Å². The number of rotatable bonds is 4. The molecule has 29 heavy (non-hydrogen) atoms. The highest BCUT2D eigenvalue weighted by Gasteiger charge is 2.58. The fourth-order valence-electron chi connectivity index (χ4n) is 7.61. The Morgan fingerprint density at radius 1 is 1.00 bits per heavy atom. The molecule has 0 spiro atoms. The van der Waals surface area contributed by atoms with Crippen molar-refractivity contribution in [1.82, 2.24) is 0 Å². The third kappa shape index (κ3) is 3.41. The molecule has 4 aliphatic rings. The van der Waals surface area contributed by atoms with Gasteiger partial charge in [-0.3, -0.25) is 4.79 Å². The highest BCUT2D eigenvalue weighted by atomic mass is 16.1. The molecule has 2 fully saturated rings. The van der Waals surface area contributed by atoms with Crippen LogP contribution in [-0.2, 0) is 4.79 Å². The van der Waals surface area contributed by atoms with E-state index in [2.05, 4.69) is 65.8 Å². The van der Waals surface area contributed by atoms with E-state index in [1.54, 1.807) is 0 Å². The summed E-state index contributed by atoms with van der Waals surface area (Å²) in [6.45, 7) is 14.6. The third-order valence-electron chi connectivity index (χ3n) is 9.99. The van der Waals surface area contributed by atoms with Crippen molar-refractivity contribution in [1.29, 1.82) is 0 Å². The molecule has 0 bridgehead atoms. The van der Waals surface area contributed by atoms with E-state index in [9.17, 15) is 4.79 Å². The molecule has 0 N–H and O–H groups in total.